The molecule has 2 aromatic carbocycles. The molecule has 0 spiro atoms. The van der Waals surface area contributed by atoms with E-state index in [4.69, 9.17) is 0 Å². The van der Waals surface area contributed by atoms with E-state index in [1.54, 1.807) is 0 Å². The second-order valence-electron chi connectivity index (χ2n) is 5.35. The van der Waals surface area contributed by atoms with Crippen LogP contribution >= 0.6 is 0 Å². The summed E-state index contributed by atoms with van der Waals surface area (Å²) in [5.41, 5.74) is 12.6. The zero-order valence-corrected chi connectivity index (χ0v) is 12.5. The van der Waals surface area contributed by atoms with Crippen LogP contribution in [0.15, 0.2) is 78.5 Å². The molecule has 4 rings (SSSR count). The molecule has 1 aromatic heterocycles. The zero-order chi connectivity index (χ0) is 15.5. The Labute approximate surface area is 134 Å². The number of aromatic nitrogens is 2. The van der Waals surface area contributed by atoms with Gasteiger partial charge in [-0.2, -0.15) is 5.10 Å². The van der Waals surface area contributed by atoms with Crippen molar-refractivity contribution in [2.45, 2.75) is 0 Å². The van der Waals surface area contributed by atoms with E-state index in [2.05, 4.69) is 51.4 Å². The summed E-state index contributed by atoms with van der Waals surface area (Å²) in [6, 6.07) is 22.4. The van der Waals surface area contributed by atoms with Crippen molar-refractivity contribution >= 4 is 11.8 Å². The molecule has 0 radical (unpaired) electrons. The maximum Gasteiger partial charge on any atom is 0.0927 e. The average Bonchev–Trinajstić information content (AvgIpc) is 3.27. The van der Waals surface area contributed by atoms with Gasteiger partial charge < -0.3 is 10.9 Å². The molecule has 3 N–H and O–H groups in total. The number of nitrogens with one attached hydrogen (secondary N) is 3. The highest BCUT2D eigenvalue weighted by molar-refractivity contribution is 5.72. The Morgan fingerprint density at radius 2 is 1.48 bits per heavy atom. The van der Waals surface area contributed by atoms with Crippen LogP contribution in [-0.4, -0.2) is 10.2 Å². The molecule has 0 amide bonds. The van der Waals surface area contributed by atoms with E-state index < -0.39 is 0 Å². The number of nitrogens with zero attached hydrogens (tertiary/aromatic N) is 1. The average molecular weight is 300 g/mol. The zero-order valence-electron chi connectivity index (χ0n) is 12.5. The molecular formula is C19H16N4. The molecule has 0 bridgehead atoms. The van der Waals surface area contributed by atoms with E-state index in [-0.39, 0.29) is 0 Å². The smallest absolute Gasteiger partial charge is 0.0927 e. The number of benzene rings is 2. The maximum absolute atomic E-state index is 4.37. The van der Waals surface area contributed by atoms with Gasteiger partial charge in [0.1, 0.15) is 0 Å². The standard InChI is InChI=1S/C19H16N4/c1-3-7-14(8-4-1)18-12-16(20-22-18)11-17-13-19(23-21-17)15-9-5-2-6-10-15/h1-13,20,22H,(H,21,23)/b16-11-. The van der Waals surface area contributed by atoms with Crippen molar-refractivity contribution < 1.29 is 0 Å². The predicted octanol–water partition coefficient (Wildman–Crippen LogP) is 3.57. The summed E-state index contributed by atoms with van der Waals surface area (Å²) in [6.45, 7) is 0. The molecule has 0 saturated carbocycles. The van der Waals surface area contributed by atoms with Crippen molar-refractivity contribution in [3.8, 4) is 11.3 Å². The third-order valence-electron chi connectivity index (χ3n) is 3.70. The van der Waals surface area contributed by atoms with E-state index >= 15 is 0 Å². The van der Waals surface area contributed by atoms with Gasteiger partial charge in [0.2, 0.25) is 0 Å². The van der Waals surface area contributed by atoms with Gasteiger partial charge in [0.25, 0.3) is 0 Å². The van der Waals surface area contributed by atoms with Crippen LogP contribution in [0.3, 0.4) is 0 Å². The van der Waals surface area contributed by atoms with E-state index in [1.807, 2.05) is 48.5 Å². The second-order valence-corrected chi connectivity index (χ2v) is 5.35. The van der Waals surface area contributed by atoms with Crippen LogP contribution < -0.4 is 10.9 Å². The molecule has 0 atom stereocenters. The highest BCUT2D eigenvalue weighted by Gasteiger charge is 2.10. The number of hydrogen-bond donors (Lipinski definition) is 3. The number of hydrogen-bond acceptors (Lipinski definition) is 3. The first-order valence-corrected chi connectivity index (χ1v) is 7.50. The summed E-state index contributed by atoms with van der Waals surface area (Å²) in [5, 5.41) is 7.43. The molecule has 2 heterocycles. The quantitative estimate of drug-likeness (QED) is 0.693. The fourth-order valence-electron chi connectivity index (χ4n) is 2.55. The second kappa shape index (κ2) is 5.85. The van der Waals surface area contributed by atoms with Crippen molar-refractivity contribution in [1.82, 2.24) is 21.0 Å². The lowest BCUT2D eigenvalue weighted by Gasteiger charge is -2.03. The molecule has 1 aliphatic rings. The Bertz CT molecular complexity index is 861. The minimum absolute atomic E-state index is 0.940. The van der Waals surface area contributed by atoms with Crippen molar-refractivity contribution in [3.05, 3.63) is 89.8 Å². The Morgan fingerprint density at radius 1 is 0.783 bits per heavy atom. The van der Waals surface area contributed by atoms with Crippen LogP contribution in [0.5, 0.6) is 0 Å². The third-order valence-corrected chi connectivity index (χ3v) is 3.70. The monoisotopic (exact) mass is 300 g/mol. The molecule has 0 fully saturated rings. The van der Waals surface area contributed by atoms with Gasteiger partial charge in [-0.25, -0.2) is 0 Å². The van der Waals surface area contributed by atoms with Gasteiger partial charge >= 0.3 is 0 Å². The number of H-pyrrole nitrogens is 1. The van der Waals surface area contributed by atoms with Crippen LogP contribution in [0.4, 0.5) is 0 Å². The number of rotatable bonds is 3. The largest absolute Gasteiger partial charge is 0.301 e. The number of hydrazine groups is 1. The molecule has 0 unspecified atom stereocenters. The van der Waals surface area contributed by atoms with E-state index in [9.17, 15) is 0 Å². The first-order valence-electron chi connectivity index (χ1n) is 7.50. The Hall–Kier alpha value is -3.27. The molecule has 3 aromatic rings. The predicted molar refractivity (Wildman–Crippen MR) is 92.7 cm³/mol. The van der Waals surface area contributed by atoms with Crippen molar-refractivity contribution in [1.29, 1.82) is 0 Å². The first-order chi connectivity index (χ1) is 11.4. The van der Waals surface area contributed by atoms with Gasteiger partial charge in [-0.15, -0.1) is 0 Å². The molecule has 4 nitrogen and oxygen atoms in total. The molecule has 1 aliphatic heterocycles. The fourth-order valence-corrected chi connectivity index (χ4v) is 2.55. The van der Waals surface area contributed by atoms with E-state index in [0.717, 1.165) is 33.9 Å². The Kier molecular flexibility index (Phi) is 3.41. The van der Waals surface area contributed by atoms with Crippen LogP contribution in [0, 0.1) is 0 Å². The van der Waals surface area contributed by atoms with E-state index in [1.165, 1.54) is 0 Å². The third kappa shape index (κ3) is 2.87. The summed E-state index contributed by atoms with van der Waals surface area (Å²) in [6.07, 6.45) is 4.11. The van der Waals surface area contributed by atoms with Gasteiger partial charge in [-0.3, -0.25) is 5.10 Å². The van der Waals surface area contributed by atoms with Crippen molar-refractivity contribution in [2.24, 2.45) is 0 Å². The normalized spacial score (nSPS) is 15.1. The van der Waals surface area contributed by atoms with Crippen LogP contribution in [0.2, 0.25) is 0 Å². The molecule has 4 heteroatoms. The minimum atomic E-state index is 0.940. The molecule has 23 heavy (non-hydrogen) atoms. The fraction of sp³-hybridized carbons (Fsp3) is 0. The maximum atomic E-state index is 4.37. The van der Waals surface area contributed by atoms with Gasteiger partial charge in [-0.1, -0.05) is 60.7 Å². The first kappa shape index (κ1) is 13.4. The lowest BCUT2D eigenvalue weighted by atomic mass is 10.1. The molecule has 0 saturated heterocycles. The summed E-state index contributed by atoms with van der Waals surface area (Å²) in [7, 11) is 0. The van der Waals surface area contributed by atoms with Crippen molar-refractivity contribution in [2.75, 3.05) is 0 Å². The SMILES string of the molecule is C1=C(c2ccccc2)NN/C1=C\c1cc(-c2ccccc2)n[nH]1. The highest BCUT2D eigenvalue weighted by Crippen LogP contribution is 2.20. The highest BCUT2D eigenvalue weighted by atomic mass is 15.4. The molecular weight excluding hydrogens is 284 g/mol. The lowest BCUT2D eigenvalue weighted by Crippen LogP contribution is -2.21. The van der Waals surface area contributed by atoms with Crippen LogP contribution in [-0.2, 0) is 0 Å². The Balaban J connectivity index is 1.58. The van der Waals surface area contributed by atoms with Crippen LogP contribution in [0.1, 0.15) is 11.3 Å². The lowest BCUT2D eigenvalue weighted by molar-refractivity contribution is 0.804. The van der Waals surface area contributed by atoms with Gasteiger partial charge in [-0.05, 0) is 23.8 Å². The van der Waals surface area contributed by atoms with E-state index in [0.29, 0.717) is 0 Å². The summed E-state index contributed by atoms with van der Waals surface area (Å²) < 4.78 is 0. The summed E-state index contributed by atoms with van der Waals surface area (Å²) >= 11 is 0. The van der Waals surface area contributed by atoms with Crippen LogP contribution in [0.25, 0.3) is 23.0 Å². The Morgan fingerprint density at radius 3 is 2.22 bits per heavy atom. The summed E-state index contributed by atoms with van der Waals surface area (Å²) in [5.74, 6) is 0. The molecule has 0 aliphatic carbocycles. The number of aromatic amines is 1. The van der Waals surface area contributed by atoms with Crippen molar-refractivity contribution in [3.63, 3.8) is 0 Å². The number of allylic oxidation sites excluding steroid dienone is 1. The summed E-state index contributed by atoms with van der Waals surface area (Å²) in [4.78, 5) is 0. The van der Waals surface area contributed by atoms with Gasteiger partial charge in [0, 0.05) is 5.56 Å². The topological polar surface area (TPSA) is 52.7 Å². The van der Waals surface area contributed by atoms with Gasteiger partial charge in [0.05, 0.1) is 22.8 Å². The van der Waals surface area contributed by atoms with Gasteiger partial charge in [0.15, 0.2) is 0 Å². The molecule has 112 valence electrons. The minimum Gasteiger partial charge on any atom is -0.301 e.